The third-order valence-corrected chi connectivity index (χ3v) is 4.30. The number of halogens is 2. The number of aryl methyl sites for hydroxylation is 1. The molecule has 1 heterocycles. The van der Waals surface area contributed by atoms with Crippen LogP contribution in [-0.4, -0.2) is 6.54 Å². The lowest BCUT2D eigenvalue weighted by Gasteiger charge is -2.20. The summed E-state index contributed by atoms with van der Waals surface area (Å²) < 4.78 is 5.57. The summed E-state index contributed by atoms with van der Waals surface area (Å²) in [5, 5.41) is 5.00. The summed E-state index contributed by atoms with van der Waals surface area (Å²) >= 11 is 12.6. The topological polar surface area (TPSA) is 25.2 Å². The van der Waals surface area contributed by atoms with Crippen molar-refractivity contribution in [1.82, 2.24) is 5.32 Å². The number of benzene rings is 1. The van der Waals surface area contributed by atoms with Gasteiger partial charge in [0.25, 0.3) is 0 Å². The van der Waals surface area contributed by atoms with E-state index in [2.05, 4.69) is 19.2 Å². The second kappa shape index (κ2) is 7.88. The molecule has 1 unspecified atom stereocenters. The first-order chi connectivity index (χ1) is 10.2. The molecular formula is C17H21Cl2NO. The minimum absolute atomic E-state index is 0.163. The molecule has 21 heavy (non-hydrogen) atoms. The molecule has 1 aromatic carbocycles. The first-order valence-electron chi connectivity index (χ1n) is 7.39. The van der Waals surface area contributed by atoms with Gasteiger partial charge in [0.05, 0.1) is 6.26 Å². The molecule has 114 valence electrons. The molecule has 0 aliphatic carbocycles. The van der Waals surface area contributed by atoms with E-state index in [0.29, 0.717) is 10.0 Å². The molecule has 1 N–H and O–H groups in total. The van der Waals surface area contributed by atoms with Crippen molar-refractivity contribution in [3.8, 4) is 0 Å². The van der Waals surface area contributed by atoms with Gasteiger partial charge in [-0.2, -0.15) is 0 Å². The van der Waals surface area contributed by atoms with E-state index in [1.54, 1.807) is 6.26 Å². The molecule has 0 amide bonds. The quantitative estimate of drug-likeness (QED) is 0.734. The fourth-order valence-electron chi connectivity index (χ4n) is 2.49. The number of rotatable bonds is 7. The van der Waals surface area contributed by atoms with Gasteiger partial charge in [0.1, 0.15) is 5.76 Å². The van der Waals surface area contributed by atoms with E-state index in [4.69, 9.17) is 27.6 Å². The van der Waals surface area contributed by atoms with E-state index < -0.39 is 0 Å². The van der Waals surface area contributed by atoms with Crippen LogP contribution in [0.1, 0.15) is 43.2 Å². The van der Waals surface area contributed by atoms with Crippen LogP contribution in [0, 0.1) is 0 Å². The van der Waals surface area contributed by atoms with Gasteiger partial charge >= 0.3 is 0 Å². The van der Waals surface area contributed by atoms with Crippen molar-refractivity contribution in [2.24, 2.45) is 0 Å². The Morgan fingerprint density at radius 2 is 1.86 bits per heavy atom. The Morgan fingerprint density at radius 3 is 2.48 bits per heavy atom. The van der Waals surface area contributed by atoms with Crippen molar-refractivity contribution in [1.29, 1.82) is 0 Å². The second-order valence-corrected chi connectivity index (χ2v) is 5.88. The summed E-state index contributed by atoms with van der Waals surface area (Å²) in [4.78, 5) is 0. The van der Waals surface area contributed by atoms with Gasteiger partial charge in [-0.1, -0.05) is 43.1 Å². The monoisotopic (exact) mass is 325 g/mol. The Morgan fingerprint density at radius 1 is 1.14 bits per heavy atom. The van der Waals surface area contributed by atoms with Crippen LogP contribution in [0.2, 0.25) is 10.0 Å². The fourth-order valence-corrected chi connectivity index (χ4v) is 3.04. The van der Waals surface area contributed by atoms with E-state index in [1.165, 1.54) is 5.56 Å². The van der Waals surface area contributed by atoms with Crippen LogP contribution in [0.4, 0.5) is 0 Å². The van der Waals surface area contributed by atoms with Crippen LogP contribution < -0.4 is 5.32 Å². The Labute approximate surface area is 136 Å². The zero-order valence-electron chi connectivity index (χ0n) is 12.5. The maximum atomic E-state index is 6.31. The Hall–Kier alpha value is -0.960. The van der Waals surface area contributed by atoms with Crippen molar-refractivity contribution in [3.05, 3.63) is 57.5 Å². The molecule has 0 saturated heterocycles. The molecule has 0 aliphatic heterocycles. The molecule has 0 spiro atoms. The summed E-state index contributed by atoms with van der Waals surface area (Å²) in [7, 11) is 0. The average molecular weight is 326 g/mol. The van der Waals surface area contributed by atoms with Crippen molar-refractivity contribution in [2.75, 3.05) is 6.54 Å². The van der Waals surface area contributed by atoms with Gasteiger partial charge in [-0.05, 0) is 43.1 Å². The van der Waals surface area contributed by atoms with Crippen molar-refractivity contribution in [3.63, 3.8) is 0 Å². The molecule has 0 radical (unpaired) electrons. The van der Waals surface area contributed by atoms with Crippen LogP contribution >= 0.6 is 23.2 Å². The number of hydrogen-bond acceptors (Lipinski definition) is 2. The van der Waals surface area contributed by atoms with Gasteiger partial charge in [-0.3, -0.25) is 0 Å². The summed E-state index contributed by atoms with van der Waals surface area (Å²) in [6.45, 7) is 5.20. The summed E-state index contributed by atoms with van der Waals surface area (Å²) in [6.07, 6.45) is 4.46. The molecule has 4 heteroatoms. The molecule has 1 atom stereocenters. The maximum absolute atomic E-state index is 6.31. The first-order valence-corrected chi connectivity index (χ1v) is 8.15. The Bertz CT molecular complexity index is 560. The van der Waals surface area contributed by atoms with E-state index in [0.717, 1.165) is 37.1 Å². The van der Waals surface area contributed by atoms with Crippen LogP contribution in [0.5, 0.6) is 0 Å². The lowest BCUT2D eigenvalue weighted by molar-refractivity contribution is 0.481. The highest BCUT2D eigenvalue weighted by Gasteiger charge is 2.19. The van der Waals surface area contributed by atoms with E-state index >= 15 is 0 Å². The van der Waals surface area contributed by atoms with Crippen molar-refractivity contribution in [2.45, 2.75) is 39.2 Å². The van der Waals surface area contributed by atoms with Gasteiger partial charge in [0.2, 0.25) is 0 Å². The highest BCUT2D eigenvalue weighted by molar-refractivity contribution is 6.36. The molecule has 0 saturated carbocycles. The van der Waals surface area contributed by atoms with Gasteiger partial charge in [-0.25, -0.2) is 0 Å². The van der Waals surface area contributed by atoms with Crippen molar-refractivity contribution >= 4 is 23.2 Å². The van der Waals surface area contributed by atoms with E-state index in [9.17, 15) is 0 Å². The van der Waals surface area contributed by atoms with Gasteiger partial charge in [-0.15, -0.1) is 0 Å². The predicted molar refractivity (Wildman–Crippen MR) is 89.3 cm³/mol. The zero-order chi connectivity index (χ0) is 15.2. The SMILES string of the molecule is CCCNC(Cc1c(Cl)cccc1Cl)c1ccoc1CC. The molecule has 0 aliphatic rings. The highest BCUT2D eigenvalue weighted by atomic mass is 35.5. The Kier molecular flexibility index (Phi) is 6.16. The number of nitrogens with one attached hydrogen (secondary N) is 1. The fraction of sp³-hybridized carbons (Fsp3) is 0.412. The zero-order valence-corrected chi connectivity index (χ0v) is 14.0. The van der Waals surface area contributed by atoms with Crippen molar-refractivity contribution < 1.29 is 4.42 Å². The number of furan rings is 1. The highest BCUT2D eigenvalue weighted by Crippen LogP contribution is 2.31. The van der Waals surface area contributed by atoms with E-state index in [-0.39, 0.29) is 6.04 Å². The number of hydrogen-bond donors (Lipinski definition) is 1. The molecule has 2 aromatic rings. The van der Waals surface area contributed by atoms with Crippen LogP contribution in [0.25, 0.3) is 0 Å². The molecular weight excluding hydrogens is 305 g/mol. The third-order valence-electron chi connectivity index (χ3n) is 3.59. The molecule has 0 bridgehead atoms. The van der Waals surface area contributed by atoms with Gasteiger partial charge < -0.3 is 9.73 Å². The van der Waals surface area contributed by atoms with Gasteiger partial charge in [0, 0.05) is 28.1 Å². The largest absolute Gasteiger partial charge is 0.469 e. The second-order valence-electron chi connectivity index (χ2n) is 5.06. The minimum Gasteiger partial charge on any atom is -0.469 e. The average Bonchev–Trinajstić information content (AvgIpc) is 2.94. The molecule has 2 rings (SSSR count). The summed E-state index contributed by atoms with van der Waals surface area (Å²) in [5.74, 6) is 1.02. The normalized spacial score (nSPS) is 12.6. The summed E-state index contributed by atoms with van der Waals surface area (Å²) in [6, 6.07) is 7.84. The predicted octanol–water partition coefficient (Wildman–Crippen LogP) is 5.43. The molecule has 0 fully saturated rings. The molecule has 2 nitrogen and oxygen atoms in total. The van der Waals surface area contributed by atoms with E-state index in [1.807, 2.05) is 24.3 Å². The standard InChI is InChI=1S/C17H21Cl2NO/c1-3-9-20-16(12-8-10-21-17(12)4-2)11-13-14(18)6-5-7-15(13)19/h5-8,10,16,20H,3-4,9,11H2,1-2H3. The lowest BCUT2D eigenvalue weighted by Crippen LogP contribution is -2.24. The molecule has 1 aromatic heterocycles. The van der Waals surface area contributed by atoms with Crippen LogP contribution in [0.3, 0.4) is 0 Å². The maximum Gasteiger partial charge on any atom is 0.108 e. The lowest BCUT2D eigenvalue weighted by atomic mass is 9.98. The minimum atomic E-state index is 0.163. The van der Waals surface area contributed by atoms with Crippen LogP contribution in [-0.2, 0) is 12.8 Å². The smallest absolute Gasteiger partial charge is 0.108 e. The van der Waals surface area contributed by atoms with Gasteiger partial charge in [0.15, 0.2) is 0 Å². The van der Waals surface area contributed by atoms with Crippen LogP contribution in [0.15, 0.2) is 34.9 Å². The third kappa shape index (κ3) is 4.03. The first kappa shape index (κ1) is 16.4. The summed E-state index contributed by atoms with van der Waals surface area (Å²) in [5.41, 5.74) is 2.18. The Balaban J connectivity index is 2.28.